The Kier molecular flexibility index (Phi) is 8.15. The monoisotopic (exact) mass is 476 g/mol. The topological polar surface area (TPSA) is 98.9 Å². The van der Waals surface area contributed by atoms with E-state index in [0.717, 1.165) is 32.6 Å². The molecule has 0 radical (unpaired) electrons. The number of aromatic nitrogens is 2. The lowest BCUT2D eigenvalue weighted by Crippen LogP contribution is -2.46. The number of benzene rings is 2. The number of anilines is 1. The maximum absolute atomic E-state index is 9.10. The van der Waals surface area contributed by atoms with Gasteiger partial charge in [0.1, 0.15) is 0 Å². The van der Waals surface area contributed by atoms with Crippen molar-refractivity contribution in [3.8, 4) is 5.69 Å². The molecule has 5 rings (SSSR count). The number of carboxylic acids is 2. The van der Waals surface area contributed by atoms with E-state index in [1.807, 2.05) is 0 Å². The van der Waals surface area contributed by atoms with E-state index in [-0.39, 0.29) is 0 Å². The van der Waals surface area contributed by atoms with Gasteiger partial charge in [0.2, 0.25) is 0 Å². The minimum absolute atomic E-state index is 0.656. The van der Waals surface area contributed by atoms with Gasteiger partial charge in [0.05, 0.1) is 11.9 Å². The first-order valence-electron chi connectivity index (χ1n) is 12.1. The number of hydrogen-bond acceptors (Lipinski definition) is 5. The Morgan fingerprint density at radius 2 is 1.46 bits per heavy atom. The first kappa shape index (κ1) is 24.5. The molecule has 1 fully saturated rings. The van der Waals surface area contributed by atoms with Gasteiger partial charge in [-0.05, 0) is 68.0 Å². The van der Waals surface area contributed by atoms with E-state index < -0.39 is 11.9 Å². The van der Waals surface area contributed by atoms with Crippen LogP contribution in [0.4, 0.5) is 5.69 Å². The Hall–Kier alpha value is -3.65. The summed E-state index contributed by atoms with van der Waals surface area (Å²) >= 11 is 0. The van der Waals surface area contributed by atoms with Crippen molar-refractivity contribution in [1.29, 1.82) is 0 Å². The third-order valence-electron chi connectivity index (χ3n) is 6.78. The molecule has 184 valence electrons. The molecular weight excluding hydrogens is 444 g/mol. The average molecular weight is 477 g/mol. The Morgan fingerprint density at radius 1 is 0.857 bits per heavy atom. The fraction of sp³-hybridized carbons (Fsp3) is 0.370. The maximum Gasteiger partial charge on any atom is 0.414 e. The molecule has 8 nitrogen and oxygen atoms in total. The summed E-state index contributed by atoms with van der Waals surface area (Å²) in [7, 11) is 0. The van der Waals surface area contributed by atoms with Crippen LogP contribution >= 0.6 is 0 Å². The zero-order valence-corrected chi connectivity index (χ0v) is 19.8. The highest BCUT2D eigenvalue weighted by Crippen LogP contribution is 2.35. The van der Waals surface area contributed by atoms with Crippen molar-refractivity contribution < 1.29 is 19.8 Å². The summed E-state index contributed by atoms with van der Waals surface area (Å²) < 4.78 is 2.17. The summed E-state index contributed by atoms with van der Waals surface area (Å²) in [6, 6.07) is 21.4. The van der Waals surface area contributed by atoms with Gasteiger partial charge in [-0.15, -0.1) is 0 Å². The van der Waals surface area contributed by atoms with Gasteiger partial charge in [-0.2, -0.15) is 5.10 Å². The van der Waals surface area contributed by atoms with Crippen molar-refractivity contribution in [2.75, 3.05) is 37.6 Å². The SMILES string of the molecule is O=C(O)C(=O)O.c1ccc(N2CCN(CCC3CCCc4c3cnn4-c3ccccc3)CC2)cc1. The van der Waals surface area contributed by atoms with Gasteiger partial charge >= 0.3 is 11.9 Å². The molecule has 35 heavy (non-hydrogen) atoms. The number of fused-ring (bicyclic) bond motifs is 1. The lowest BCUT2D eigenvalue weighted by atomic mass is 9.84. The van der Waals surface area contributed by atoms with Gasteiger partial charge in [0.15, 0.2) is 0 Å². The Bertz CT molecular complexity index is 1100. The van der Waals surface area contributed by atoms with Crippen LogP contribution in [-0.2, 0) is 16.0 Å². The molecule has 0 saturated carbocycles. The molecule has 0 amide bonds. The normalized spacial score (nSPS) is 17.7. The summed E-state index contributed by atoms with van der Waals surface area (Å²) in [5, 5.41) is 19.5. The number of nitrogens with zero attached hydrogens (tertiary/aromatic N) is 4. The summed E-state index contributed by atoms with van der Waals surface area (Å²) in [5.74, 6) is -2.99. The van der Waals surface area contributed by atoms with Crippen LogP contribution in [0.25, 0.3) is 5.69 Å². The summed E-state index contributed by atoms with van der Waals surface area (Å²) in [6.07, 6.45) is 7.12. The minimum Gasteiger partial charge on any atom is -0.473 e. The number of para-hydroxylation sites is 2. The van der Waals surface area contributed by atoms with Crippen molar-refractivity contribution in [2.24, 2.45) is 0 Å². The summed E-state index contributed by atoms with van der Waals surface area (Å²) in [6.45, 7) is 5.79. The Balaban J connectivity index is 0.000000431. The molecule has 1 saturated heterocycles. The first-order valence-corrected chi connectivity index (χ1v) is 12.1. The van der Waals surface area contributed by atoms with E-state index in [2.05, 4.69) is 81.3 Å². The predicted octanol–water partition coefficient (Wildman–Crippen LogP) is 3.66. The Morgan fingerprint density at radius 3 is 2.06 bits per heavy atom. The van der Waals surface area contributed by atoms with Crippen LogP contribution in [0.1, 0.15) is 36.4 Å². The molecule has 2 N–H and O–H groups in total. The van der Waals surface area contributed by atoms with Crippen molar-refractivity contribution in [1.82, 2.24) is 14.7 Å². The second kappa shape index (κ2) is 11.7. The molecule has 0 bridgehead atoms. The maximum atomic E-state index is 9.10. The lowest BCUT2D eigenvalue weighted by Gasteiger charge is -2.37. The van der Waals surface area contributed by atoms with Gasteiger partial charge in [-0.1, -0.05) is 36.4 Å². The van der Waals surface area contributed by atoms with Crippen LogP contribution in [0, 0.1) is 0 Å². The van der Waals surface area contributed by atoms with Gasteiger partial charge in [0.25, 0.3) is 0 Å². The highest BCUT2D eigenvalue weighted by atomic mass is 16.4. The molecule has 1 aliphatic heterocycles. The summed E-state index contributed by atoms with van der Waals surface area (Å²) in [5.41, 5.74) is 5.47. The van der Waals surface area contributed by atoms with Gasteiger partial charge < -0.3 is 15.1 Å². The molecule has 2 heterocycles. The zero-order chi connectivity index (χ0) is 24.6. The molecule has 3 aromatic rings. The van der Waals surface area contributed by atoms with Crippen molar-refractivity contribution in [2.45, 2.75) is 31.6 Å². The first-order chi connectivity index (χ1) is 17.0. The molecule has 0 spiro atoms. The molecule has 2 aromatic carbocycles. The molecule has 8 heteroatoms. The predicted molar refractivity (Wildman–Crippen MR) is 134 cm³/mol. The average Bonchev–Trinajstić information content (AvgIpc) is 3.34. The third-order valence-corrected chi connectivity index (χ3v) is 6.78. The van der Waals surface area contributed by atoms with Crippen LogP contribution in [0.5, 0.6) is 0 Å². The van der Waals surface area contributed by atoms with Crippen LogP contribution in [0.2, 0.25) is 0 Å². The molecule has 1 unspecified atom stereocenters. The number of aliphatic carboxylic acids is 2. The Labute approximate surface area is 205 Å². The molecular formula is C27H32N4O4. The second-order valence-corrected chi connectivity index (χ2v) is 8.95. The number of hydrogen-bond donors (Lipinski definition) is 2. The second-order valence-electron chi connectivity index (χ2n) is 8.95. The number of piperazine rings is 1. The highest BCUT2D eigenvalue weighted by molar-refractivity contribution is 6.27. The molecule has 1 aliphatic carbocycles. The molecule has 2 aliphatic rings. The van der Waals surface area contributed by atoms with E-state index in [0.29, 0.717) is 5.92 Å². The number of carbonyl (C=O) groups is 2. The van der Waals surface area contributed by atoms with Crippen molar-refractivity contribution in [3.05, 3.63) is 78.1 Å². The van der Waals surface area contributed by atoms with Crippen LogP contribution in [0.15, 0.2) is 66.9 Å². The van der Waals surface area contributed by atoms with E-state index in [9.17, 15) is 0 Å². The number of rotatable bonds is 5. The van der Waals surface area contributed by atoms with E-state index in [1.54, 1.807) is 0 Å². The minimum atomic E-state index is -1.82. The van der Waals surface area contributed by atoms with E-state index in [1.165, 1.54) is 48.4 Å². The van der Waals surface area contributed by atoms with Gasteiger partial charge in [-0.3, -0.25) is 4.90 Å². The lowest BCUT2D eigenvalue weighted by molar-refractivity contribution is -0.159. The number of carboxylic acid groups (broad SMARTS) is 2. The summed E-state index contributed by atoms with van der Waals surface area (Å²) in [4.78, 5) is 23.4. The fourth-order valence-electron chi connectivity index (χ4n) is 4.95. The van der Waals surface area contributed by atoms with Crippen LogP contribution in [-0.4, -0.2) is 69.6 Å². The van der Waals surface area contributed by atoms with Crippen LogP contribution < -0.4 is 4.90 Å². The molecule has 1 aromatic heterocycles. The standard InChI is InChI=1S/C25H30N4.C2H2O4/c1-3-9-22(10-4-1)28-18-16-27(17-19-28)15-14-21-8-7-13-25-24(21)20-26-29(25)23-11-5-2-6-12-23;3-1(4)2(5)6/h1-6,9-12,20-21H,7-8,13-19H2;(H,3,4)(H,5,6). The van der Waals surface area contributed by atoms with Crippen LogP contribution in [0.3, 0.4) is 0 Å². The van der Waals surface area contributed by atoms with Crippen molar-refractivity contribution >= 4 is 17.6 Å². The van der Waals surface area contributed by atoms with E-state index >= 15 is 0 Å². The van der Waals surface area contributed by atoms with Crippen molar-refractivity contribution in [3.63, 3.8) is 0 Å². The quantitative estimate of drug-likeness (QED) is 0.542. The van der Waals surface area contributed by atoms with Gasteiger partial charge in [-0.25, -0.2) is 14.3 Å². The zero-order valence-electron chi connectivity index (χ0n) is 19.8. The molecule has 1 atom stereocenters. The fourth-order valence-corrected chi connectivity index (χ4v) is 4.95. The van der Waals surface area contributed by atoms with E-state index in [4.69, 9.17) is 24.9 Å². The third kappa shape index (κ3) is 6.27. The smallest absolute Gasteiger partial charge is 0.414 e. The highest BCUT2D eigenvalue weighted by Gasteiger charge is 2.26. The van der Waals surface area contributed by atoms with Gasteiger partial charge in [0, 0.05) is 37.6 Å². The largest absolute Gasteiger partial charge is 0.473 e.